The lowest BCUT2D eigenvalue weighted by molar-refractivity contribution is 0.178. The van der Waals surface area contributed by atoms with Gasteiger partial charge in [0.1, 0.15) is 0 Å². The highest BCUT2D eigenvalue weighted by molar-refractivity contribution is 6.21. The summed E-state index contributed by atoms with van der Waals surface area (Å²) in [4.78, 5) is 2.36. The van der Waals surface area contributed by atoms with Crippen molar-refractivity contribution in [1.82, 2.24) is 4.90 Å². The Balaban J connectivity index is 1.91. The Morgan fingerprint density at radius 1 is 1.31 bits per heavy atom. The van der Waals surface area contributed by atoms with E-state index in [0.29, 0.717) is 5.38 Å². The lowest BCUT2D eigenvalue weighted by Crippen LogP contribution is -2.46. The maximum Gasteiger partial charge on any atom is 0.0590 e. The van der Waals surface area contributed by atoms with E-state index >= 15 is 0 Å². The minimum atomic E-state index is 0.380. The SMILES string of the molecule is Cc1ccc(CN2CC(Cl)C2)cc1. The molecule has 1 fully saturated rings. The van der Waals surface area contributed by atoms with E-state index in [1.54, 1.807) is 0 Å². The van der Waals surface area contributed by atoms with E-state index in [1.807, 2.05) is 0 Å². The molecular formula is C11H14ClN. The lowest BCUT2D eigenvalue weighted by Gasteiger charge is -2.35. The Bertz CT molecular complexity index is 275. The molecule has 0 aliphatic carbocycles. The molecule has 2 heteroatoms. The summed E-state index contributed by atoms with van der Waals surface area (Å²) < 4.78 is 0. The molecule has 1 heterocycles. The fraction of sp³-hybridized carbons (Fsp3) is 0.455. The van der Waals surface area contributed by atoms with Crippen molar-refractivity contribution >= 4 is 11.6 Å². The predicted octanol–water partition coefficient (Wildman–Crippen LogP) is 2.42. The van der Waals surface area contributed by atoms with E-state index in [2.05, 4.69) is 36.1 Å². The minimum absolute atomic E-state index is 0.380. The van der Waals surface area contributed by atoms with E-state index in [4.69, 9.17) is 11.6 Å². The highest BCUT2D eigenvalue weighted by Crippen LogP contribution is 2.17. The van der Waals surface area contributed by atoms with Crippen LogP contribution in [0.15, 0.2) is 24.3 Å². The minimum Gasteiger partial charge on any atom is -0.296 e. The fourth-order valence-corrected chi connectivity index (χ4v) is 1.98. The van der Waals surface area contributed by atoms with Gasteiger partial charge in [-0.05, 0) is 12.5 Å². The number of halogens is 1. The molecule has 13 heavy (non-hydrogen) atoms. The molecule has 0 spiro atoms. The summed E-state index contributed by atoms with van der Waals surface area (Å²) in [6.45, 7) is 5.23. The van der Waals surface area contributed by atoms with Crippen LogP contribution in [-0.2, 0) is 6.54 Å². The van der Waals surface area contributed by atoms with Crippen LogP contribution in [0.4, 0.5) is 0 Å². The van der Waals surface area contributed by atoms with Gasteiger partial charge < -0.3 is 0 Å². The number of nitrogens with zero attached hydrogens (tertiary/aromatic N) is 1. The number of hydrogen-bond donors (Lipinski definition) is 0. The molecule has 2 rings (SSSR count). The van der Waals surface area contributed by atoms with Crippen molar-refractivity contribution in [2.75, 3.05) is 13.1 Å². The smallest absolute Gasteiger partial charge is 0.0590 e. The molecule has 0 bridgehead atoms. The third-order valence-corrected chi connectivity index (χ3v) is 2.72. The molecule has 1 aromatic rings. The lowest BCUT2D eigenvalue weighted by atomic mass is 10.1. The summed E-state index contributed by atoms with van der Waals surface area (Å²) in [7, 11) is 0. The van der Waals surface area contributed by atoms with Gasteiger partial charge in [-0.3, -0.25) is 4.90 Å². The van der Waals surface area contributed by atoms with Crippen LogP contribution < -0.4 is 0 Å². The maximum absolute atomic E-state index is 5.89. The first kappa shape index (κ1) is 9.04. The zero-order valence-electron chi connectivity index (χ0n) is 7.83. The van der Waals surface area contributed by atoms with Gasteiger partial charge in [-0.2, -0.15) is 0 Å². The Labute approximate surface area is 84.3 Å². The zero-order chi connectivity index (χ0) is 9.26. The molecule has 1 aliphatic rings. The molecule has 0 amide bonds. The molecular weight excluding hydrogens is 182 g/mol. The van der Waals surface area contributed by atoms with E-state index in [0.717, 1.165) is 19.6 Å². The first-order valence-corrected chi connectivity index (χ1v) is 5.09. The number of likely N-dealkylation sites (tertiary alicyclic amines) is 1. The molecule has 0 unspecified atom stereocenters. The van der Waals surface area contributed by atoms with Crippen molar-refractivity contribution in [3.05, 3.63) is 35.4 Å². The summed E-state index contributed by atoms with van der Waals surface area (Å²) >= 11 is 5.89. The molecule has 0 N–H and O–H groups in total. The van der Waals surface area contributed by atoms with Crippen LogP contribution in [-0.4, -0.2) is 23.4 Å². The van der Waals surface area contributed by atoms with Crippen molar-refractivity contribution in [2.24, 2.45) is 0 Å². The van der Waals surface area contributed by atoms with Gasteiger partial charge in [0.15, 0.2) is 0 Å². The van der Waals surface area contributed by atoms with E-state index < -0.39 is 0 Å². The maximum atomic E-state index is 5.89. The molecule has 70 valence electrons. The second-order valence-corrected chi connectivity index (χ2v) is 4.39. The van der Waals surface area contributed by atoms with Crippen molar-refractivity contribution in [2.45, 2.75) is 18.8 Å². The summed E-state index contributed by atoms with van der Waals surface area (Å²) in [6, 6.07) is 8.70. The Hall–Kier alpha value is -0.530. The van der Waals surface area contributed by atoms with Crippen LogP contribution in [0.2, 0.25) is 0 Å². The molecule has 1 aromatic carbocycles. The Kier molecular flexibility index (Phi) is 2.56. The third-order valence-electron chi connectivity index (χ3n) is 2.44. The van der Waals surface area contributed by atoms with E-state index in [-0.39, 0.29) is 0 Å². The fourth-order valence-electron chi connectivity index (χ4n) is 1.59. The first-order chi connectivity index (χ1) is 6.24. The number of aryl methyl sites for hydroxylation is 1. The average Bonchev–Trinajstić information content (AvgIpc) is 2.06. The predicted molar refractivity (Wildman–Crippen MR) is 56.1 cm³/mol. The van der Waals surface area contributed by atoms with Crippen molar-refractivity contribution in [1.29, 1.82) is 0 Å². The van der Waals surface area contributed by atoms with Gasteiger partial charge >= 0.3 is 0 Å². The van der Waals surface area contributed by atoms with Gasteiger partial charge in [-0.25, -0.2) is 0 Å². The van der Waals surface area contributed by atoms with E-state index in [9.17, 15) is 0 Å². The second kappa shape index (κ2) is 3.69. The molecule has 1 nitrogen and oxygen atoms in total. The Morgan fingerprint density at radius 3 is 2.46 bits per heavy atom. The van der Waals surface area contributed by atoms with E-state index in [1.165, 1.54) is 11.1 Å². The number of alkyl halides is 1. The van der Waals surface area contributed by atoms with Gasteiger partial charge in [0.05, 0.1) is 5.38 Å². The monoisotopic (exact) mass is 195 g/mol. The highest BCUT2D eigenvalue weighted by atomic mass is 35.5. The van der Waals surface area contributed by atoms with Gasteiger partial charge in [0.2, 0.25) is 0 Å². The Morgan fingerprint density at radius 2 is 1.92 bits per heavy atom. The average molecular weight is 196 g/mol. The summed E-state index contributed by atoms with van der Waals surface area (Å²) in [6.07, 6.45) is 0. The number of rotatable bonds is 2. The first-order valence-electron chi connectivity index (χ1n) is 4.66. The van der Waals surface area contributed by atoms with Gasteiger partial charge in [-0.1, -0.05) is 29.8 Å². The summed E-state index contributed by atoms with van der Waals surface area (Å²) in [5, 5.41) is 0.380. The summed E-state index contributed by atoms with van der Waals surface area (Å²) in [5.74, 6) is 0. The van der Waals surface area contributed by atoms with Crippen molar-refractivity contribution in [3.8, 4) is 0 Å². The van der Waals surface area contributed by atoms with Crippen LogP contribution in [0.25, 0.3) is 0 Å². The highest BCUT2D eigenvalue weighted by Gasteiger charge is 2.23. The quantitative estimate of drug-likeness (QED) is 0.656. The van der Waals surface area contributed by atoms with Crippen LogP contribution >= 0.6 is 11.6 Å². The van der Waals surface area contributed by atoms with Gasteiger partial charge in [-0.15, -0.1) is 11.6 Å². The number of hydrogen-bond acceptors (Lipinski definition) is 1. The van der Waals surface area contributed by atoms with Crippen LogP contribution in [0.3, 0.4) is 0 Å². The molecule has 0 atom stereocenters. The van der Waals surface area contributed by atoms with Gasteiger partial charge in [0, 0.05) is 19.6 Å². The molecule has 0 saturated carbocycles. The molecule has 1 aliphatic heterocycles. The summed E-state index contributed by atoms with van der Waals surface area (Å²) in [5.41, 5.74) is 2.71. The zero-order valence-corrected chi connectivity index (χ0v) is 8.59. The van der Waals surface area contributed by atoms with Crippen LogP contribution in [0.5, 0.6) is 0 Å². The van der Waals surface area contributed by atoms with Crippen molar-refractivity contribution in [3.63, 3.8) is 0 Å². The third kappa shape index (κ3) is 2.23. The van der Waals surface area contributed by atoms with Crippen LogP contribution in [0, 0.1) is 6.92 Å². The molecule has 0 radical (unpaired) electrons. The standard InChI is InChI=1S/C11H14ClN/c1-9-2-4-10(5-3-9)6-13-7-11(12)8-13/h2-5,11H,6-8H2,1H3. The second-order valence-electron chi connectivity index (χ2n) is 3.78. The van der Waals surface area contributed by atoms with Gasteiger partial charge in [0.25, 0.3) is 0 Å². The largest absolute Gasteiger partial charge is 0.296 e. The van der Waals surface area contributed by atoms with Crippen molar-refractivity contribution < 1.29 is 0 Å². The molecule has 1 saturated heterocycles. The molecule has 0 aromatic heterocycles. The van der Waals surface area contributed by atoms with Crippen LogP contribution in [0.1, 0.15) is 11.1 Å². The number of benzene rings is 1. The normalized spacial score (nSPS) is 18.6. The topological polar surface area (TPSA) is 3.24 Å².